The lowest BCUT2D eigenvalue weighted by Gasteiger charge is -2.33. The van der Waals surface area contributed by atoms with Gasteiger partial charge in [0.15, 0.2) is 0 Å². The molecule has 138 valence electrons. The van der Waals surface area contributed by atoms with Gasteiger partial charge < -0.3 is 4.90 Å². The predicted molar refractivity (Wildman–Crippen MR) is 102 cm³/mol. The van der Waals surface area contributed by atoms with Crippen molar-refractivity contribution in [2.24, 2.45) is 7.05 Å². The van der Waals surface area contributed by atoms with Crippen LogP contribution in [-0.2, 0) is 21.9 Å². The van der Waals surface area contributed by atoms with Gasteiger partial charge in [-0.05, 0) is 24.3 Å². The lowest BCUT2D eigenvalue weighted by atomic mass is 10.3. The molecule has 1 aromatic carbocycles. The molecule has 0 saturated carbocycles. The van der Waals surface area contributed by atoms with Gasteiger partial charge in [0.05, 0.1) is 11.1 Å². The second-order valence-corrected chi connectivity index (χ2v) is 8.82. The fraction of sp³-hybridized carbons (Fsp3) is 0.294. The van der Waals surface area contributed by atoms with Crippen LogP contribution >= 0.6 is 15.9 Å². The smallest absolute Gasteiger partial charge is 0.246 e. The summed E-state index contributed by atoms with van der Waals surface area (Å²) >= 11 is 3.30. The number of hydrogen-bond acceptors (Lipinski definition) is 4. The molecular formula is C17H19BrN4O3S. The van der Waals surface area contributed by atoms with Crippen LogP contribution in [0.4, 0.5) is 0 Å². The minimum absolute atomic E-state index is 0.131. The van der Waals surface area contributed by atoms with Gasteiger partial charge in [-0.3, -0.25) is 9.48 Å². The summed E-state index contributed by atoms with van der Waals surface area (Å²) in [6.07, 6.45) is 6.69. The molecule has 0 spiro atoms. The highest BCUT2D eigenvalue weighted by molar-refractivity contribution is 9.10. The molecule has 3 rings (SSSR count). The minimum atomic E-state index is -3.55. The third-order valence-electron chi connectivity index (χ3n) is 4.13. The molecule has 1 aliphatic heterocycles. The zero-order valence-electron chi connectivity index (χ0n) is 14.2. The minimum Gasteiger partial charge on any atom is -0.337 e. The van der Waals surface area contributed by atoms with Crippen molar-refractivity contribution in [1.82, 2.24) is 19.0 Å². The predicted octanol–water partition coefficient (Wildman–Crippen LogP) is 1.73. The summed E-state index contributed by atoms with van der Waals surface area (Å²) in [4.78, 5) is 14.2. The molecule has 0 radical (unpaired) electrons. The highest BCUT2D eigenvalue weighted by Gasteiger charge is 2.29. The summed E-state index contributed by atoms with van der Waals surface area (Å²) < 4.78 is 29.2. The number of carbonyl (C=O) groups is 1. The zero-order valence-corrected chi connectivity index (χ0v) is 16.6. The Morgan fingerprint density at radius 3 is 2.58 bits per heavy atom. The van der Waals surface area contributed by atoms with Crippen LogP contribution in [0.3, 0.4) is 0 Å². The first kappa shape index (κ1) is 18.8. The first-order valence-electron chi connectivity index (χ1n) is 8.07. The second-order valence-electron chi connectivity index (χ2n) is 5.97. The number of sulfonamides is 1. The number of benzene rings is 1. The van der Waals surface area contributed by atoms with E-state index < -0.39 is 10.0 Å². The molecule has 0 unspecified atom stereocenters. The van der Waals surface area contributed by atoms with E-state index in [1.807, 2.05) is 13.2 Å². The van der Waals surface area contributed by atoms with Crippen molar-refractivity contribution in [3.05, 3.63) is 52.8 Å². The second kappa shape index (κ2) is 7.73. The summed E-state index contributed by atoms with van der Waals surface area (Å²) in [5, 5.41) is 4.04. The highest BCUT2D eigenvalue weighted by Crippen LogP contribution is 2.21. The SMILES string of the molecule is Cn1cc(/C=C/C(=O)N2CCN(S(=O)(=O)c3cccc(Br)c3)CC2)cn1. The average molecular weight is 439 g/mol. The first-order chi connectivity index (χ1) is 12.4. The average Bonchev–Trinajstić information content (AvgIpc) is 3.05. The fourth-order valence-corrected chi connectivity index (χ4v) is 4.74. The number of rotatable bonds is 4. The monoisotopic (exact) mass is 438 g/mol. The molecule has 7 nitrogen and oxygen atoms in total. The first-order valence-corrected chi connectivity index (χ1v) is 10.3. The molecule has 26 heavy (non-hydrogen) atoms. The number of halogens is 1. The largest absolute Gasteiger partial charge is 0.337 e. The number of nitrogens with zero attached hydrogens (tertiary/aromatic N) is 4. The molecule has 1 saturated heterocycles. The molecule has 9 heteroatoms. The Labute approximate surface area is 161 Å². The Balaban J connectivity index is 1.61. The zero-order chi connectivity index (χ0) is 18.7. The van der Waals surface area contributed by atoms with Crippen molar-refractivity contribution >= 4 is 37.9 Å². The van der Waals surface area contributed by atoms with Gasteiger partial charge in [-0.15, -0.1) is 0 Å². The Hall–Kier alpha value is -1.97. The quantitative estimate of drug-likeness (QED) is 0.681. The van der Waals surface area contributed by atoms with Gasteiger partial charge in [-0.25, -0.2) is 8.42 Å². The standard InChI is InChI=1S/C17H19BrN4O3S/c1-20-13-14(12-19-20)5-6-17(23)21-7-9-22(10-8-21)26(24,25)16-4-2-3-15(18)11-16/h2-6,11-13H,7-10H2,1H3/b6-5+. The molecule has 0 aliphatic carbocycles. The number of amides is 1. The Morgan fingerprint density at radius 1 is 1.23 bits per heavy atom. The molecule has 1 aromatic heterocycles. The van der Waals surface area contributed by atoms with Crippen molar-refractivity contribution in [1.29, 1.82) is 0 Å². The van der Waals surface area contributed by atoms with Gasteiger partial charge in [-0.2, -0.15) is 9.40 Å². The summed E-state index contributed by atoms with van der Waals surface area (Å²) in [5.74, 6) is -0.131. The van der Waals surface area contributed by atoms with E-state index in [1.165, 1.54) is 10.4 Å². The van der Waals surface area contributed by atoms with E-state index in [0.717, 1.165) is 5.56 Å². The molecular weight excluding hydrogens is 420 g/mol. The van der Waals surface area contributed by atoms with Gasteiger partial charge in [-0.1, -0.05) is 22.0 Å². The molecule has 2 heterocycles. The maximum Gasteiger partial charge on any atom is 0.246 e. The number of aromatic nitrogens is 2. The van der Waals surface area contributed by atoms with E-state index in [9.17, 15) is 13.2 Å². The van der Waals surface area contributed by atoms with Crippen molar-refractivity contribution in [3.63, 3.8) is 0 Å². The molecule has 0 atom stereocenters. The van der Waals surface area contributed by atoms with E-state index in [0.29, 0.717) is 17.6 Å². The number of piperazine rings is 1. The normalized spacial score (nSPS) is 16.3. The van der Waals surface area contributed by atoms with Crippen molar-refractivity contribution in [2.75, 3.05) is 26.2 Å². The third kappa shape index (κ3) is 4.22. The van der Waals surface area contributed by atoms with Gasteiger partial charge >= 0.3 is 0 Å². The van der Waals surface area contributed by atoms with E-state index in [4.69, 9.17) is 0 Å². The number of aryl methyl sites for hydroxylation is 1. The van der Waals surface area contributed by atoms with Crippen LogP contribution in [0.1, 0.15) is 5.56 Å². The van der Waals surface area contributed by atoms with Gasteiger partial charge in [0, 0.05) is 55.5 Å². The van der Waals surface area contributed by atoms with Gasteiger partial charge in [0.1, 0.15) is 0 Å². The number of hydrogen-bond donors (Lipinski definition) is 0. The molecule has 1 amide bonds. The van der Waals surface area contributed by atoms with Crippen LogP contribution in [0.15, 0.2) is 52.1 Å². The van der Waals surface area contributed by atoms with Crippen LogP contribution < -0.4 is 0 Å². The summed E-state index contributed by atoms with van der Waals surface area (Å²) in [5.41, 5.74) is 0.844. The number of carbonyl (C=O) groups excluding carboxylic acids is 1. The van der Waals surface area contributed by atoms with Gasteiger partial charge in [0.2, 0.25) is 15.9 Å². The highest BCUT2D eigenvalue weighted by atomic mass is 79.9. The van der Waals surface area contributed by atoms with Crippen LogP contribution in [0.2, 0.25) is 0 Å². The molecule has 1 aliphatic rings. The Bertz CT molecular complexity index is 931. The third-order valence-corrected chi connectivity index (χ3v) is 6.52. The van der Waals surface area contributed by atoms with Crippen molar-refractivity contribution in [3.8, 4) is 0 Å². The lowest BCUT2D eigenvalue weighted by Crippen LogP contribution is -2.50. The summed E-state index contributed by atoms with van der Waals surface area (Å²) in [7, 11) is -1.74. The van der Waals surface area contributed by atoms with E-state index in [1.54, 1.807) is 46.1 Å². The molecule has 2 aromatic rings. The maximum atomic E-state index is 12.7. The van der Waals surface area contributed by atoms with E-state index >= 15 is 0 Å². The van der Waals surface area contributed by atoms with Crippen LogP contribution in [0, 0.1) is 0 Å². The molecule has 1 fully saturated rings. The van der Waals surface area contributed by atoms with Gasteiger partial charge in [0.25, 0.3) is 0 Å². The fourth-order valence-electron chi connectivity index (χ4n) is 2.72. The lowest BCUT2D eigenvalue weighted by molar-refractivity contribution is -0.127. The van der Waals surface area contributed by atoms with Crippen molar-refractivity contribution < 1.29 is 13.2 Å². The Morgan fingerprint density at radius 2 is 1.96 bits per heavy atom. The molecule has 0 bridgehead atoms. The molecule has 0 N–H and O–H groups in total. The topological polar surface area (TPSA) is 75.5 Å². The van der Waals surface area contributed by atoms with Crippen LogP contribution in [0.25, 0.3) is 6.08 Å². The van der Waals surface area contributed by atoms with E-state index in [-0.39, 0.29) is 23.9 Å². The van der Waals surface area contributed by atoms with Crippen LogP contribution in [0.5, 0.6) is 0 Å². The van der Waals surface area contributed by atoms with Crippen molar-refractivity contribution in [2.45, 2.75) is 4.90 Å². The maximum absolute atomic E-state index is 12.7. The summed E-state index contributed by atoms with van der Waals surface area (Å²) in [6, 6.07) is 6.64. The Kier molecular flexibility index (Phi) is 5.59. The van der Waals surface area contributed by atoms with E-state index in [2.05, 4.69) is 21.0 Å². The van der Waals surface area contributed by atoms with Crippen LogP contribution in [-0.4, -0.2) is 59.5 Å². The summed E-state index contributed by atoms with van der Waals surface area (Å²) in [6.45, 7) is 1.29.